The van der Waals surface area contributed by atoms with E-state index in [1.165, 1.54) is 0 Å². The molecule has 130 valence electrons. The highest BCUT2D eigenvalue weighted by Gasteiger charge is 2.10. The second kappa shape index (κ2) is 7.53. The van der Waals surface area contributed by atoms with Crippen molar-refractivity contribution in [1.82, 2.24) is 14.9 Å². The average Bonchev–Trinajstić information content (AvgIpc) is 3.25. The van der Waals surface area contributed by atoms with Crippen LogP contribution in [0.1, 0.15) is 16.2 Å². The molecule has 0 spiro atoms. The van der Waals surface area contributed by atoms with Crippen LogP contribution in [0.15, 0.2) is 48.0 Å². The molecule has 0 aliphatic heterocycles. The fourth-order valence-electron chi connectivity index (χ4n) is 2.58. The van der Waals surface area contributed by atoms with Gasteiger partial charge in [0.05, 0.1) is 10.6 Å². The van der Waals surface area contributed by atoms with Crippen molar-refractivity contribution in [3.63, 3.8) is 0 Å². The molecule has 0 aliphatic rings. The number of aromatic nitrogens is 2. The molecule has 3 rings (SSSR count). The number of amides is 1. The number of thiophene rings is 1. The van der Waals surface area contributed by atoms with Crippen LogP contribution in [0.5, 0.6) is 0 Å². The summed E-state index contributed by atoms with van der Waals surface area (Å²) in [4.78, 5) is 20.1. The van der Waals surface area contributed by atoms with Crippen LogP contribution in [0, 0.1) is 0 Å². The third-order valence-electron chi connectivity index (χ3n) is 4.03. The first-order valence-corrected chi connectivity index (χ1v) is 9.04. The molecule has 2 heterocycles. The first-order valence-electron chi connectivity index (χ1n) is 8.16. The van der Waals surface area contributed by atoms with Crippen molar-refractivity contribution >= 4 is 22.9 Å². The number of imidazole rings is 1. The molecular formula is C19H22N4OS. The number of hydrogen-bond acceptors (Lipinski definition) is 4. The Bertz CT molecular complexity index is 835. The summed E-state index contributed by atoms with van der Waals surface area (Å²) in [5, 5.41) is 5.01. The summed E-state index contributed by atoms with van der Waals surface area (Å²) in [6.45, 7) is 0.559. The zero-order chi connectivity index (χ0) is 17.8. The van der Waals surface area contributed by atoms with E-state index in [-0.39, 0.29) is 5.91 Å². The lowest BCUT2D eigenvalue weighted by molar-refractivity contribution is 0.0954. The maximum Gasteiger partial charge on any atom is 0.251 e. The molecular weight excluding hydrogens is 332 g/mol. The Labute approximate surface area is 151 Å². The second-order valence-corrected chi connectivity index (χ2v) is 7.03. The second-order valence-electron chi connectivity index (χ2n) is 6.08. The number of rotatable bonds is 6. The monoisotopic (exact) mass is 354 g/mol. The van der Waals surface area contributed by atoms with Crippen LogP contribution in [0.3, 0.4) is 0 Å². The zero-order valence-electron chi connectivity index (χ0n) is 14.7. The summed E-state index contributed by atoms with van der Waals surface area (Å²) in [6.07, 6.45) is 2.73. The van der Waals surface area contributed by atoms with Gasteiger partial charge >= 0.3 is 0 Å². The Morgan fingerprint density at radius 3 is 2.64 bits per heavy atom. The van der Waals surface area contributed by atoms with Crippen molar-refractivity contribution in [2.24, 2.45) is 7.05 Å². The van der Waals surface area contributed by atoms with Crippen molar-refractivity contribution < 1.29 is 4.79 Å². The smallest absolute Gasteiger partial charge is 0.251 e. The van der Waals surface area contributed by atoms with E-state index < -0.39 is 0 Å². The molecule has 1 N–H and O–H groups in total. The van der Waals surface area contributed by atoms with E-state index in [1.54, 1.807) is 11.3 Å². The Morgan fingerprint density at radius 2 is 2.00 bits per heavy atom. The summed E-state index contributed by atoms with van der Waals surface area (Å²) in [5.41, 5.74) is 2.73. The Hall–Kier alpha value is -2.60. The van der Waals surface area contributed by atoms with Gasteiger partial charge in [-0.1, -0.05) is 6.07 Å². The zero-order valence-corrected chi connectivity index (χ0v) is 15.5. The molecule has 2 aromatic heterocycles. The van der Waals surface area contributed by atoms with E-state index >= 15 is 0 Å². The maximum atomic E-state index is 12.2. The van der Waals surface area contributed by atoms with Gasteiger partial charge in [0, 0.05) is 51.6 Å². The standard InChI is InChI=1S/C19H22N4OS/c1-22(2)15-8-6-14(7-9-15)19(24)20-11-10-18-21-16(13-23(18)3)17-5-4-12-25-17/h4-9,12-13H,10-11H2,1-3H3,(H,20,24). The molecule has 6 heteroatoms. The molecule has 3 aromatic rings. The summed E-state index contributed by atoms with van der Waals surface area (Å²) >= 11 is 1.68. The van der Waals surface area contributed by atoms with Gasteiger partial charge in [-0.25, -0.2) is 4.98 Å². The number of benzene rings is 1. The minimum atomic E-state index is -0.0574. The van der Waals surface area contributed by atoms with Gasteiger partial charge in [-0.2, -0.15) is 0 Å². The highest BCUT2D eigenvalue weighted by molar-refractivity contribution is 7.13. The molecule has 0 radical (unpaired) electrons. The predicted octanol–water partition coefficient (Wildman–Crippen LogP) is 3.19. The van der Waals surface area contributed by atoms with E-state index in [2.05, 4.69) is 16.4 Å². The molecule has 0 bridgehead atoms. The van der Waals surface area contributed by atoms with Crippen LogP contribution in [0.2, 0.25) is 0 Å². The topological polar surface area (TPSA) is 50.2 Å². The summed E-state index contributed by atoms with van der Waals surface area (Å²) in [7, 11) is 5.94. The van der Waals surface area contributed by atoms with Crippen molar-refractivity contribution in [2.75, 3.05) is 25.5 Å². The van der Waals surface area contributed by atoms with Crippen molar-refractivity contribution in [1.29, 1.82) is 0 Å². The highest BCUT2D eigenvalue weighted by atomic mass is 32.1. The largest absolute Gasteiger partial charge is 0.378 e. The SMILES string of the molecule is CN(C)c1ccc(C(=O)NCCc2nc(-c3cccs3)cn2C)cc1. The quantitative estimate of drug-likeness (QED) is 0.740. The van der Waals surface area contributed by atoms with Crippen molar-refractivity contribution in [3.8, 4) is 10.6 Å². The molecule has 0 saturated carbocycles. The number of carbonyl (C=O) groups is 1. The first kappa shape index (κ1) is 17.2. The van der Waals surface area contributed by atoms with Gasteiger partial charge in [0.25, 0.3) is 5.91 Å². The van der Waals surface area contributed by atoms with E-state index in [0.29, 0.717) is 18.5 Å². The lowest BCUT2D eigenvalue weighted by atomic mass is 10.2. The van der Waals surface area contributed by atoms with E-state index in [4.69, 9.17) is 0 Å². The number of anilines is 1. The molecule has 25 heavy (non-hydrogen) atoms. The van der Waals surface area contributed by atoms with Crippen LogP contribution in [0.4, 0.5) is 5.69 Å². The Morgan fingerprint density at radius 1 is 1.24 bits per heavy atom. The average molecular weight is 354 g/mol. The van der Waals surface area contributed by atoms with E-state index in [9.17, 15) is 4.79 Å². The van der Waals surface area contributed by atoms with Gasteiger partial charge < -0.3 is 14.8 Å². The van der Waals surface area contributed by atoms with Gasteiger partial charge in [-0.15, -0.1) is 11.3 Å². The number of nitrogens with zero attached hydrogens (tertiary/aromatic N) is 3. The minimum absolute atomic E-state index is 0.0574. The van der Waals surface area contributed by atoms with Gasteiger partial charge in [0.15, 0.2) is 0 Å². The molecule has 1 amide bonds. The third kappa shape index (κ3) is 4.09. The van der Waals surface area contributed by atoms with E-state index in [1.807, 2.05) is 72.5 Å². The number of aryl methyl sites for hydroxylation is 1. The van der Waals surface area contributed by atoms with Gasteiger partial charge in [-0.3, -0.25) is 4.79 Å². The Kier molecular flexibility index (Phi) is 5.19. The highest BCUT2D eigenvalue weighted by Crippen LogP contribution is 2.23. The predicted molar refractivity (Wildman–Crippen MR) is 103 cm³/mol. The van der Waals surface area contributed by atoms with Crippen molar-refractivity contribution in [3.05, 3.63) is 59.4 Å². The third-order valence-corrected chi connectivity index (χ3v) is 4.92. The summed E-state index contributed by atoms with van der Waals surface area (Å²) in [5.74, 6) is 0.907. The van der Waals surface area contributed by atoms with Gasteiger partial charge in [-0.05, 0) is 35.7 Å². The fraction of sp³-hybridized carbons (Fsp3) is 0.263. The fourth-order valence-corrected chi connectivity index (χ4v) is 3.26. The lowest BCUT2D eigenvalue weighted by Gasteiger charge is -2.12. The molecule has 0 fully saturated rings. The van der Waals surface area contributed by atoms with Crippen LogP contribution >= 0.6 is 11.3 Å². The lowest BCUT2D eigenvalue weighted by Crippen LogP contribution is -2.26. The Balaban J connectivity index is 1.56. The molecule has 0 unspecified atom stereocenters. The van der Waals surface area contributed by atoms with Crippen LogP contribution in [0.25, 0.3) is 10.6 Å². The molecule has 0 aliphatic carbocycles. The first-order chi connectivity index (χ1) is 12.0. The van der Waals surface area contributed by atoms with Gasteiger partial charge in [0.1, 0.15) is 5.82 Å². The maximum absolute atomic E-state index is 12.2. The van der Waals surface area contributed by atoms with Crippen LogP contribution in [-0.2, 0) is 13.5 Å². The van der Waals surface area contributed by atoms with Crippen molar-refractivity contribution in [2.45, 2.75) is 6.42 Å². The summed E-state index contributed by atoms with van der Waals surface area (Å²) in [6, 6.07) is 11.7. The van der Waals surface area contributed by atoms with Gasteiger partial charge in [0.2, 0.25) is 0 Å². The number of nitrogens with one attached hydrogen (secondary N) is 1. The molecule has 5 nitrogen and oxygen atoms in total. The molecule has 1 aromatic carbocycles. The minimum Gasteiger partial charge on any atom is -0.378 e. The number of hydrogen-bond donors (Lipinski definition) is 1. The molecule has 0 saturated heterocycles. The normalized spacial score (nSPS) is 10.7. The van der Waals surface area contributed by atoms with Crippen LogP contribution in [-0.4, -0.2) is 36.1 Å². The molecule has 0 atom stereocenters. The van der Waals surface area contributed by atoms with Crippen LogP contribution < -0.4 is 10.2 Å². The van der Waals surface area contributed by atoms with E-state index in [0.717, 1.165) is 22.1 Å². The summed E-state index contributed by atoms with van der Waals surface area (Å²) < 4.78 is 2.02. The number of carbonyl (C=O) groups excluding carboxylic acids is 1.